The van der Waals surface area contributed by atoms with Crippen molar-refractivity contribution in [3.8, 4) is 0 Å². The molecule has 2 rings (SSSR count). The Kier molecular flexibility index (Phi) is 3.33. The van der Waals surface area contributed by atoms with Crippen molar-refractivity contribution in [2.45, 2.75) is 27.2 Å². The molecule has 0 aliphatic carbocycles. The summed E-state index contributed by atoms with van der Waals surface area (Å²) in [6.07, 6.45) is 1.22. The van der Waals surface area contributed by atoms with E-state index in [9.17, 15) is 0 Å². The van der Waals surface area contributed by atoms with E-state index in [1.165, 1.54) is 6.42 Å². The van der Waals surface area contributed by atoms with Crippen LogP contribution < -0.4 is 10.6 Å². The van der Waals surface area contributed by atoms with Gasteiger partial charge in [-0.3, -0.25) is 5.41 Å². The van der Waals surface area contributed by atoms with Crippen LogP contribution in [0.3, 0.4) is 0 Å². The highest BCUT2D eigenvalue weighted by Crippen LogP contribution is 2.36. The maximum Gasteiger partial charge on any atom is 0.124 e. The molecular formula is C15H23N3. The molecule has 0 bridgehead atoms. The molecule has 1 fully saturated rings. The number of hydrogen-bond donors (Lipinski definition) is 2. The fraction of sp³-hybridized carbons (Fsp3) is 0.533. The second kappa shape index (κ2) is 4.63. The van der Waals surface area contributed by atoms with Crippen molar-refractivity contribution in [2.75, 3.05) is 18.0 Å². The third kappa shape index (κ3) is 2.50. The second-order valence-electron chi connectivity index (χ2n) is 6.23. The van der Waals surface area contributed by atoms with Crippen molar-refractivity contribution in [1.29, 1.82) is 5.41 Å². The number of nitrogens with one attached hydrogen (secondary N) is 1. The number of nitrogens with two attached hydrogens (primary N) is 1. The third-order valence-electron chi connectivity index (χ3n) is 3.95. The summed E-state index contributed by atoms with van der Waals surface area (Å²) >= 11 is 0. The number of nitrogens with zero attached hydrogens (tertiary/aromatic N) is 1. The molecule has 1 aliphatic rings. The van der Waals surface area contributed by atoms with Crippen LogP contribution in [0.1, 0.15) is 32.8 Å². The van der Waals surface area contributed by atoms with E-state index in [4.69, 9.17) is 11.1 Å². The molecule has 98 valence electrons. The van der Waals surface area contributed by atoms with Gasteiger partial charge in [-0.1, -0.05) is 32.9 Å². The molecule has 1 saturated heterocycles. The standard InChI is InChI=1S/C15H23N3/c1-15(2,3)11-8-9-18(10-11)13-7-5-4-6-12(13)14(16)17/h4-7,11H,8-10H2,1-3H3,(H3,16,17). The first kappa shape index (κ1) is 12.9. The van der Waals surface area contributed by atoms with Crippen LogP contribution in [0.2, 0.25) is 0 Å². The average Bonchev–Trinajstić information content (AvgIpc) is 2.77. The summed E-state index contributed by atoms with van der Waals surface area (Å²) in [5.41, 5.74) is 7.97. The predicted molar refractivity (Wildman–Crippen MR) is 77.2 cm³/mol. The van der Waals surface area contributed by atoms with Crippen LogP contribution in [0.5, 0.6) is 0 Å². The van der Waals surface area contributed by atoms with Gasteiger partial charge in [0, 0.05) is 24.3 Å². The number of nitrogen functional groups attached to an aromatic ring is 1. The summed E-state index contributed by atoms with van der Waals surface area (Å²) in [5, 5.41) is 7.66. The van der Waals surface area contributed by atoms with E-state index in [1.807, 2.05) is 18.2 Å². The van der Waals surface area contributed by atoms with Gasteiger partial charge in [0.25, 0.3) is 0 Å². The first-order valence-corrected chi connectivity index (χ1v) is 6.58. The molecule has 0 spiro atoms. The Morgan fingerprint density at radius 3 is 2.56 bits per heavy atom. The highest BCUT2D eigenvalue weighted by molar-refractivity contribution is 6.00. The van der Waals surface area contributed by atoms with E-state index in [-0.39, 0.29) is 5.84 Å². The van der Waals surface area contributed by atoms with Crippen molar-refractivity contribution in [3.05, 3.63) is 29.8 Å². The molecule has 18 heavy (non-hydrogen) atoms. The summed E-state index contributed by atoms with van der Waals surface area (Å²) < 4.78 is 0. The van der Waals surface area contributed by atoms with Gasteiger partial charge in [-0.25, -0.2) is 0 Å². The minimum Gasteiger partial charge on any atom is -0.384 e. The summed E-state index contributed by atoms with van der Waals surface area (Å²) in [4.78, 5) is 2.37. The van der Waals surface area contributed by atoms with E-state index in [1.54, 1.807) is 0 Å². The fourth-order valence-electron chi connectivity index (χ4n) is 2.66. The Hall–Kier alpha value is -1.51. The van der Waals surface area contributed by atoms with Crippen LogP contribution in [0, 0.1) is 16.7 Å². The topological polar surface area (TPSA) is 53.1 Å². The molecule has 0 radical (unpaired) electrons. The van der Waals surface area contributed by atoms with Crippen molar-refractivity contribution in [2.24, 2.45) is 17.1 Å². The summed E-state index contributed by atoms with van der Waals surface area (Å²) in [6.45, 7) is 9.04. The molecule has 0 amide bonds. The Morgan fingerprint density at radius 1 is 1.33 bits per heavy atom. The second-order valence-corrected chi connectivity index (χ2v) is 6.23. The third-order valence-corrected chi connectivity index (χ3v) is 3.95. The van der Waals surface area contributed by atoms with Gasteiger partial charge in [-0.2, -0.15) is 0 Å². The molecule has 0 saturated carbocycles. The summed E-state index contributed by atoms with van der Waals surface area (Å²) in [7, 11) is 0. The first-order valence-electron chi connectivity index (χ1n) is 6.58. The minimum atomic E-state index is 0.157. The molecule has 1 aromatic carbocycles. The van der Waals surface area contributed by atoms with Gasteiger partial charge in [-0.05, 0) is 29.9 Å². The smallest absolute Gasteiger partial charge is 0.124 e. The van der Waals surface area contributed by atoms with Gasteiger partial charge < -0.3 is 10.6 Å². The zero-order valence-electron chi connectivity index (χ0n) is 11.5. The lowest BCUT2D eigenvalue weighted by molar-refractivity contribution is 0.263. The Morgan fingerprint density at radius 2 is 2.00 bits per heavy atom. The van der Waals surface area contributed by atoms with Gasteiger partial charge in [-0.15, -0.1) is 0 Å². The summed E-state index contributed by atoms with van der Waals surface area (Å²) in [5.74, 6) is 0.863. The molecule has 1 aromatic rings. The molecule has 3 nitrogen and oxygen atoms in total. The fourth-order valence-corrected chi connectivity index (χ4v) is 2.66. The molecule has 1 atom stereocenters. The van der Waals surface area contributed by atoms with Crippen molar-refractivity contribution >= 4 is 11.5 Å². The quantitative estimate of drug-likeness (QED) is 0.622. The number of anilines is 1. The molecular weight excluding hydrogens is 222 g/mol. The van der Waals surface area contributed by atoms with Crippen LogP contribution in [-0.2, 0) is 0 Å². The number of para-hydroxylation sites is 1. The number of amidine groups is 1. The lowest BCUT2D eigenvalue weighted by Crippen LogP contribution is -2.27. The number of benzene rings is 1. The molecule has 0 aromatic heterocycles. The van der Waals surface area contributed by atoms with E-state index in [0.717, 1.165) is 24.3 Å². The minimum absolute atomic E-state index is 0.157. The molecule has 1 aliphatic heterocycles. The normalized spacial score (nSPS) is 20.2. The molecule has 1 heterocycles. The van der Waals surface area contributed by atoms with E-state index < -0.39 is 0 Å². The highest BCUT2D eigenvalue weighted by atomic mass is 15.2. The lowest BCUT2D eigenvalue weighted by Gasteiger charge is -2.28. The SMILES string of the molecule is CC(C)(C)C1CCN(c2ccccc2C(=N)N)C1. The Balaban J connectivity index is 2.22. The molecule has 3 N–H and O–H groups in total. The van der Waals surface area contributed by atoms with E-state index in [2.05, 4.69) is 31.7 Å². The van der Waals surface area contributed by atoms with Gasteiger partial charge in [0.2, 0.25) is 0 Å². The van der Waals surface area contributed by atoms with Crippen LogP contribution >= 0.6 is 0 Å². The maximum absolute atomic E-state index is 7.66. The molecule has 1 unspecified atom stereocenters. The lowest BCUT2D eigenvalue weighted by atomic mass is 9.80. The number of hydrogen-bond acceptors (Lipinski definition) is 2. The average molecular weight is 245 g/mol. The highest BCUT2D eigenvalue weighted by Gasteiger charge is 2.32. The Labute approximate surface area is 109 Å². The monoisotopic (exact) mass is 245 g/mol. The van der Waals surface area contributed by atoms with Gasteiger partial charge in [0.15, 0.2) is 0 Å². The van der Waals surface area contributed by atoms with Gasteiger partial charge in [0.1, 0.15) is 5.84 Å². The van der Waals surface area contributed by atoms with Crippen molar-refractivity contribution < 1.29 is 0 Å². The van der Waals surface area contributed by atoms with E-state index >= 15 is 0 Å². The van der Waals surface area contributed by atoms with Crippen LogP contribution in [-0.4, -0.2) is 18.9 Å². The number of rotatable bonds is 2. The first-order chi connectivity index (χ1) is 8.39. The van der Waals surface area contributed by atoms with Crippen LogP contribution in [0.4, 0.5) is 5.69 Å². The van der Waals surface area contributed by atoms with Crippen LogP contribution in [0.25, 0.3) is 0 Å². The zero-order chi connectivity index (χ0) is 13.3. The van der Waals surface area contributed by atoms with Gasteiger partial charge in [0.05, 0.1) is 0 Å². The summed E-state index contributed by atoms with van der Waals surface area (Å²) in [6, 6.07) is 7.97. The largest absolute Gasteiger partial charge is 0.384 e. The molecule has 3 heteroatoms. The van der Waals surface area contributed by atoms with Crippen LogP contribution in [0.15, 0.2) is 24.3 Å². The van der Waals surface area contributed by atoms with E-state index in [0.29, 0.717) is 11.3 Å². The predicted octanol–water partition coefficient (Wildman–Crippen LogP) is 2.84. The maximum atomic E-state index is 7.66. The Bertz CT molecular complexity index is 445. The zero-order valence-corrected chi connectivity index (χ0v) is 11.5. The van der Waals surface area contributed by atoms with Gasteiger partial charge >= 0.3 is 0 Å². The van der Waals surface area contributed by atoms with Crippen molar-refractivity contribution in [1.82, 2.24) is 0 Å². The van der Waals surface area contributed by atoms with Crippen molar-refractivity contribution in [3.63, 3.8) is 0 Å².